The molecule has 2 rings (SSSR count). The maximum absolute atomic E-state index is 9.74. The fraction of sp³-hybridized carbons (Fsp3) is 0. The molecule has 0 saturated heterocycles. The first-order chi connectivity index (χ1) is 6.61. The average Bonchev–Trinajstić information content (AvgIpc) is 2.17. The lowest BCUT2D eigenvalue weighted by Crippen LogP contribution is -1.78. The Morgan fingerprint density at radius 1 is 0.786 bits per heavy atom. The molecule has 0 atom stereocenters. The molecule has 0 heterocycles. The van der Waals surface area contributed by atoms with Crippen molar-refractivity contribution >= 4 is 42.6 Å². The van der Waals surface area contributed by atoms with E-state index >= 15 is 0 Å². The summed E-state index contributed by atoms with van der Waals surface area (Å²) in [6.45, 7) is 0. The predicted octanol–water partition coefficient (Wildman–Crippen LogP) is 3.78. The summed E-state index contributed by atoms with van der Waals surface area (Å²) in [5.41, 5.74) is 0. The van der Waals surface area contributed by atoms with Crippen molar-refractivity contribution in [3.8, 4) is 11.5 Å². The van der Waals surface area contributed by atoms with Gasteiger partial charge in [0.2, 0.25) is 0 Å². The summed E-state index contributed by atoms with van der Waals surface area (Å²) in [5, 5.41) is 20.7. The number of hydrogen-bond acceptors (Lipinski definition) is 2. The third-order valence-corrected chi connectivity index (χ3v) is 3.31. The Hall–Kier alpha value is -0.740. The molecule has 0 aliphatic heterocycles. The van der Waals surface area contributed by atoms with E-state index < -0.39 is 0 Å². The van der Waals surface area contributed by atoms with Crippen LogP contribution in [0.2, 0.25) is 0 Å². The topological polar surface area (TPSA) is 40.5 Å². The highest BCUT2D eigenvalue weighted by atomic mass is 79.9. The van der Waals surface area contributed by atoms with Crippen LogP contribution in [0.25, 0.3) is 10.8 Å². The largest absolute Gasteiger partial charge is 0.506 e. The minimum Gasteiger partial charge on any atom is -0.506 e. The number of benzene rings is 2. The van der Waals surface area contributed by atoms with Crippen LogP contribution in [0.4, 0.5) is 0 Å². The molecule has 0 saturated carbocycles. The molecule has 0 amide bonds. The van der Waals surface area contributed by atoms with Gasteiger partial charge in [0.05, 0.1) is 14.3 Å². The Morgan fingerprint density at radius 3 is 1.64 bits per heavy atom. The molecular weight excluding hydrogens is 312 g/mol. The quantitative estimate of drug-likeness (QED) is 0.776. The van der Waals surface area contributed by atoms with Crippen molar-refractivity contribution in [2.24, 2.45) is 0 Å². The van der Waals surface area contributed by atoms with Gasteiger partial charge in [-0.3, -0.25) is 0 Å². The molecule has 0 bridgehead atoms. The van der Waals surface area contributed by atoms with Crippen LogP contribution in [-0.4, -0.2) is 10.2 Å². The second-order valence-corrected chi connectivity index (χ2v) is 4.60. The van der Waals surface area contributed by atoms with Crippen LogP contribution < -0.4 is 0 Å². The molecule has 0 radical (unpaired) electrons. The Bertz CT molecular complexity index is 466. The van der Waals surface area contributed by atoms with Crippen molar-refractivity contribution in [3.05, 3.63) is 33.2 Å². The molecule has 2 aromatic rings. The smallest absolute Gasteiger partial charge is 0.141 e. The molecule has 0 aliphatic rings. The highest BCUT2D eigenvalue weighted by Gasteiger charge is 2.10. The van der Waals surface area contributed by atoms with E-state index in [-0.39, 0.29) is 11.5 Å². The van der Waals surface area contributed by atoms with E-state index in [1.807, 2.05) is 12.1 Å². The van der Waals surface area contributed by atoms with E-state index in [2.05, 4.69) is 31.9 Å². The van der Waals surface area contributed by atoms with Crippen LogP contribution in [0.5, 0.6) is 11.5 Å². The summed E-state index contributed by atoms with van der Waals surface area (Å²) < 4.78 is 1.14. The number of phenols is 2. The lowest BCUT2D eigenvalue weighted by molar-refractivity contribution is 0.460. The normalized spacial score (nSPS) is 10.7. The van der Waals surface area contributed by atoms with E-state index in [9.17, 15) is 10.2 Å². The molecular formula is C10H6Br2O2. The first kappa shape index (κ1) is 9.80. The number of fused-ring (bicyclic) bond motifs is 1. The third-order valence-electron chi connectivity index (χ3n) is 2.03. The van der Waals surface area contributed by atoms with E-state index in [1.165, 1.54) is 0 Å². The summed E-state index contributed by atoms with van der Waals surface area (Å²) in [6, 6.07) is 7.13. The third kappa shape index (κ3) is 1.38. The molecule has 2 aromatic carbocycles. The fourth-order valence-corrected chi connectivity index (χ4v) is 1.99. The average molecular weight is 318 g/mol. The summed E-state index contributed by atoms with van der Waals surface area (Å²) in [7, 11) is 0. The Labute approximate surface area is 97.4 Å². The van der Waals surface area contributed by atoms with Gasteiger partial charge >= 0.3 is 0 Å². The molecule has 2 N–H and O–H groups in total. The second kappa shape index (κ2) is 3.44. The van der Waals surface area contributed by atoms with Crippen molar-refractivity contribution in [2.45, 2.75) is 0 Å². The van der Waals surface area contributed by atoms with Gasteiger partial charge in [-0.25, -0.2) is 0 Å². The lowest BCUT2D eigenvalue weighted by Gasteiger charge is -2.06. The van der Waals surface area contributed by atoms with Gasteiger partial charge in [-0.1, -0.05) is 12.1 Å². The molecule has 0 aliphatic carbocycles. The van der Waals surface area contributed by atoms with Crippen molar-refractivity contribution in [1.29, 1.82) is 0 Å². The van der Waals surface area contributed by atoms with Crippen molar-refractivity contribution in [3.63, 3.8) is 0 Å². The standard InChI is InChI=1S/C10H6Br2O2/c11-6-3-1-5-2-4-7(12)10(14)8(5)9(6)13/h1-4,13-14H. The minimum absolute atomic E-state index is 0.0568. The maximum Gasteiger partial charge on any atom is 0.141 e. The summed E-state index contributed by atoms with van der Waals surface area (Å²) in [4.78, 5) is 0. The van der Waals surface area contributed by atoms with Gasteiger partial charge < -0.3 is 10.2 Å². The molecule has 72 valence electrons. The molecule has 0 fully saturated rings. The number of rotatable bonds is 0. The Kier molecular flexibility index (Phi) is 2.41. The summed E-state index contributed by atoms with van der Waals surface area (Å²) in [5.74, 6) is 0.114. The molecule has 2 nitrogen and oxygen atoms in total. The number of hydrogen-bond donors (Lipinski definition) is 2. The van der Waals surface area contributed by atoms with Gasteiger partial charge in [0.15, 0.2) is 0 Å². The zero-order valence-corrected chi connectivity index (χ0v) is 10.1. The van der Waals surface area contributed by atoms with Crippen LogP contribution in [0.15, 0.2) is 33.2 Å². The lowest BCUT2D eigenvalue weighted by atomic mass is 10.1. The molecule has 14 heavy (non-hydrogen) atoms. The second-order valence-electron chi connectivity index (χ2n) is 2.89. The molecule has 0 spiro atoms. The highest BCUT2D eigenvalue weighted by molar-refractivity contribution is 9.11. The first-order valence-electron chi connectivity index (χ1n) is 3.90. The summed E-state index contributed by atoms with van der Waals surface area (Å²) >= 11 is 6.40. The van der Waals surface area contributed by atoms with Crippen molar-refractivity contribution in [1.82, 2.24) is 0 Å². The van der Waals surface area contributed by atoms with Gasteiger partial charge in [0, 0.05) is 0 Å². The van der Waals surface area contributed by atoms with Crippen LogP contribution in [0, 0.1) is 0 Å². The highest BCUT2D eigenvalue weighted by Crippen LogP contribution is 2.41. The number of aromatic hydroxyl groups is 2. The van der Waals surface area contributed by atoms with E-state index in [0.717, 1.165) is 5.39 Å². The molecule has 0 unspecified atom stereocenters. The van der Waals surface area contributed by atoms with Crippen LogP contribution in [-0.2, 0) is 0 Å². The van der Waals surface area contributed by atoms with Crippen LogP contribution >= 0.6 is 31.9 Å². The number of phenolic OH excluding ortho intramolecular Hbond substituents is 2. The van der Waals surface area contributed by atoms with Gasteiger partial charge in [-0.05, 0) is 49.4 Å². The van der Waals surface area contributed by atoms with E-state index in [0.29, 0.717) is 14.3 Å². The van der Waals surface area contributed by atoms with Crippen LogP contribution in [0.1, 0.15) is 0 Å². The molecule has 4 heteroatoms. The van der Waals surface area contributed by atoms with Gasteiger partial charge in [-0.15, -0.1) is 0 Å². The molecule has 0 aromatic heterocycles. The van der Waals surface area contributed by atoms with Gasteiger partial charge in [0.1, 0.15) is 11.5 Å². The van der Waals surface area contributed by atoms with Gasteiger partial charge in [-0.2, -0.15) is 0 Å². The van der Waals surface area contributed by atoms with Gasteiger partial charge in [0.25, 0.3) is 0 Å². The Morgan fingerprint density at radius 2 is 1.21 bits per heavy atom. The van der Waals surface area contributed by atoms with Crippen LogP contribution in [0.3, 0.4) is 0 Å². The van der Waals surface area contributed by atoms with Crippen molar-refractivity contribution < 1.29 is 10.2 Å². The predicted molar refractivity (Wildman–Crippen MR) is 62.7 cm³/mol. The Balaban J connectivity index is 2.98. The summed E-state index contributed by atoms with van der Waals surface area (Å²) in [6.07, 6.45) is 0. The number of halogens is 2. The van der Waals surface area contributed by atoms with E-state index in [4.69, 9.17) is 0 Å². The SMILES string of the molecule is Oc1c(Br)ccc2ccc(Br)c(O)c12. The zero-order valence-electron chi connectivity index (χ0n) is 6.96. The zero-order chi connectivity index (χ0) is 10.3. The fourth-order valence-electron chi connectivity index (χ4n) is 1.33. The van der Waals surface area contributed by atoms with Crippen molar-refractivity contribution in [2.75, 3.05) is 0 Å². The van der Waals surface area contributed by atoms with E-state index in [1.54, 1.807) is 12.1 Å². The minimum atomic E-state index is 0.0568. The monoisotopic (exact) mass is 316 g/mol. The maximum atomic E-state index is 9.74. The first-order valence-corrected chi connectivity index (χ1v) is 5.48.